The summed E-state index contributed by atoms with van der Waals surface area (Å²) in [6, 6.07) is 11.7. The van der Waals surface area contributed by atoms with Gasteiger partial charge in [0.1, 0.15) is 5.82 Å². The molecule has 2 aromatic carbocycles. The van der Waals surface area contributed by atoms with Crippen LogP contribution in [0.15, 0.2) is 42.5 Å². The van der Waals surface area contributed by atoms with Crippen LogP contribution in [0.4, 0.5) is 4.39 Å². The highest BCUT2D eigenvalue weighted by Crippen LogP contribution is 2.42. The Kier molecular flexibility index (Phi) is 3.46. The van der Waals surface area contributed by atoms with E-state index in [0.29, 0.717) is 12.0 Å². The lowest BCUT2D eigenvalue weighted by Gasteiger charge is -2.26. The maximum atomic E-state index is 13.2. The van der Waals surface area contributed by atoms with Gasteiger partial charge in [-0.05, 0) is 48.1 Å². The zero-order valence-corrected chi connectivity index (χ0v) is 12.0. The first-order chi connectivity index (χ1) is 10.0. The summed E-state index contributed by atoms with van der Waals surface area (Å²) in [6.45, 7) is 0. The Labute approximate surface area is 127 Å². The molecule has 0 spiro atoms. The number of rotatable bonds is 3. The number of halogens is 2. The molecule has 108 valence electrons. The first kappa shape index (κ1) is 14.1. The predicted octanol–water partition coefficient (Wildman–Crippen LogP) is 3.99. The number of carboxylic acids is 1. The molecule has 0 radical (unpaired) electrons. The van der Waals surface area contributed by atoms with Crippen molar-refractivity contribution in [1.29, 1.82) is 0 Å². The van der Waals surface area contributed by atoms with Crippen molar-refractivity contribution in [2.75, 3.05) is 0 Å². The van der Waals surface area contributed by atoms with Crippen LogP contribution in [0.25, 0.3) is 0 Å². The van der Waals surface area contributed by atoms with Gasteiger partial charge in [-0.3, -0.25) is 4.79 Å². The molecule has 0 saturated heterocycles. The van der Waals surface area contributed by atoms with E-state index in [0.717, 1.165) is 17.5 Å². The third kappa shape index (κ3) is 2.32. The molecule has 1 aliphatic carbocycles. The summed E-state index contributed by atoms with van der Waals surface area (Å²) >= 11 is 6.07. The molecule has 0 fully saturated rings. The SMILES string of the molecule is O=C(O)C1(Cc2ccc(F)cc2Cl)CCc2ccccc21. The van der Waals surface area contributed by atoms with E-state index in [4.69, 9.17) is 11.6 Å². The van der Waals surface area contributed by atoms with Crippen molar-refractivity contribution < 1.29 is 14.3 Å². The van der Waals surface area contributed by atoms with E-state index < -0.39 is 17.2 Å². The number of hydrogen-bond acceptors (Lipinski definition) is 1. The highest BCUT2D eigenvalue weighted by molar-refractivity contribution is 6.31. The van der Waals surface area contributed by atoms with Crippen LogP contribution in [0.5, 0.6) is 0 Å². The average Bonchev–Trinajstić information content (AvgIpc) is 2.82. The molecule has 2 nitrogen and oxygen atoms in total. The van der Waals surface area contributed by atoms with Gasteiger partial charge < -0.3 is 5.11 Å². The van der Waals surface area contributed by atoms with E-state index in [1.54, 1.807) is 6.07 Å². The third-order valence-corrected chi connectivity index (χ3v) is 4.62. The van der Waals surface area contributed by atoms with E-state index in [9.17, 15) is 14.3 Å². The molecule has 0 aromatic heterocycles. The molecule has 1 unspecified atom stereocenters. The van der Waals surface area contributed by atoms with Gasteiger partial charge in [0, 0.05) is 5.02 Å². The molecule has 0 heterocycles. The Morgan fingerprint density at radius 3 is 2.76 bits per heavy atom. The highest BCUT2D eigenvalue weighted by atomic mass is 35.5. The fraction of sp³-hybridized carbons (Fsp3) is 0.235. The van der Waals surface area contributed by atoms with Crippen LogP contribution in [-0.2, 0) is 23.1 Å². The van der Waals surface area contributed by atoms with E-state index in [-0.39, 0.29) is 11.4 Å². The van der Waals surface area contributed by atoms with Gasteiger partial charge in [-0.2, -0.15) is 0 Å². The topological polar surface area (TPSA) is 37.3 Å². The van der Waals surface area contributed by atoms with Gasteiger partial charge in [-0.1, -0.05) is 41.9 Å². The van der Waals surface area contributed by atoms with E-state index in [1.807, 2.05) is 24.3 Å². The largest absolute Gasteiger partial charge is 0.481 e. The standard InChI is InChI=1S/C17H14ClFO2/c18-15-9-13(19)6-5-12(15)10-17(16(20)21)8-7-11-3-1-2-4-14(11)17/h1-6,9H,7-8,10H2,(H,20,21). The van der Waals surface area contributed by atoms with Crippen molar-refractivity contribution in [3.63, 3.8) is 0 Å². The Morgan fingerprint density at radius 2 is 2.05 bits per heavy atom. The van der Waals surface area contributed by atoms with Crippen LogP contribution in [0.3, 0.4) is 0 Å². The minimum absolute atomic E-state index is 0.276. The van der Waals surface area contributed by atoms with Crippen molar-refractivity contribution in [3.8, 4) is 0 Å². The molecule has 0 amide bonds. The maximum Gasteiger partial charge on any atom is 0.314 e. The van der Waals surface area contributed by atoms with Gasteiger partial charge >= 0.3 is 5.97 Å². The molecule has 2 aromatic rings. The Hall–Kier alpha value is -1.87. The van der Waals surface area contributed by atoms with Gasteiger partial charge in [0.05, 0.1) is 5.41 Å². The summed E-state index contributed by atoms with van der Waals surface area (Å²) in [5.74, 6) is -1.27. The number of carboxylic acid groups (broad SMARTS) is 1. The summed E-state index contributed by atoms with van der Waals surface area (Å²) in [5.41, 5.74) is 1.60. The predicted molar refractivity (Wildman–Crippen MR) is 79.2 cm³/mol. The Morgan fingerprint density at radius 1 is 1.29 bits per heavy atom. The molecule has 4 heteroatoms. The average molecular weight is 305 g/mol. The number of aryl methyl sites for hydroxylation is 1. The molecule has 0 aliphatic heterocycles. The van der Waals surface area contributed by atoms with Crippen molar-refractivity contribution >= 4 is 17.6 Å². The molecule has 0 bridgehead atoms. The zero-order chi connectivity index (χ0) is 15.0. The van der Waals surface area contributed by atoms with Gasteiger partial charge in [-0.15, -0.1) is 0 Å². The van der Waals surface area contributed by atoms with E-state index >= 15 is 0 Å². The number of hydrogen-bond donors (Lipinski definition) is 1. The van der Waals surface area contributed by atoms with Crippen LogP contribution in [0, 0.1) is 5.82 Å². The second kappa shape index (κ2) is 5.15. The van der Waals surface area contributed by atoms with Crippen LogP contribution in [-0.4, -0.2) is 11.1 Å². The summed E-state index contributed by atoms with van der Waals surface area (Å²) in [4.78, 5) is 12.0. The van der Waals surface area contributed by atoms with Gasteiger partial charge in [0.15, 0.2) is 0 Å². The second-order valence-corrected chi connectivity index (χ2v) is 5.86. The van der Waals surface area contributed by atoms with E-state index in [1.165, 1.54) is 12.1 Å². The van der Waals surface area contributed by atoms with Crippen molar-refractivity contribution in [2.45, 2.75) is 24.7 Å². The molecule has 0 saturated carbocycles. The van der Waals surface area contributed by atoms with Crippen LogP contribution in [0.2, 0.25) is 5.02 Å². The molecular weight excluding hydrogens is 291 g/mol. The van der Waals surface area contributed by atoms with Crippen LogP contribution < -0.4 is 0 Å². The Balaban J connectivity index is 2.06. The molecule has 3 rings (SSSR count). The lowest BCUT2D eigenvalue weighted by molar-refractivity contribution is -0.143. The van der Waals surface area contributed by atoms with Crippen molar-refractivity contribution in [3.05, 3.63) is 70.0 Å². The molecule has 21 heavy (non-hydrogen) atoms. The van der Waals surface area contributed by atoms with Crippen LogP contribution in [0.1, 0.15) is 23.1 Å². The van der Waals surface area contributed by atoms with E-state index in [2.05, 4.69) is 0 Å². The summed E-state index contributed by atoms with van der Waals surface area (Å²) in [6.07, 6.45) is 1.55. The molecule has 1 atom stereocenters. The number of aliphatic carboxylic acids is 1. The second-order valence-electron chi connectivity index (χ2n) is 5.46. The van der Waals surface area contributed by atoms with Crippen LogP contribution >= 0.6 is 11.6 Å². The lowest BCUT2D eigenvalue weighted by Crippen LogP contribution is -2.36. The fourth-order valence-electron chi connectivity index (χ4n) is 3.16. The third-order valence-electron chi connectivity index (χ3n) is 4.27. The smallest absolute Gasteiger partial charge is 0.314 e. The lowest BCUT2D eigenvalue weighted by atomic mass is 9.76. The molecule has 1 N–H and O–H groups in total. The minimum atomic E-state index is -0.974. The molecule has 1 aliphatic rings. The van der Waals surface area contributed by atoms with Crippen molar-refractivity contribution in [2.24, 2.45) is 0 Å². The monoisotopic (exact) mass is 304 g/mol. The maximum absolute atomic E-state index is 13.2. The van der Waals surface area contributed by atoms with Gasteiger partial charge in [0.25, 0.3) is 0 Å². The summed E-state index contributed by atoms with van der Waals surface area (Å²) < 4.78 is 13.2. The minimum Gasteiger partial charge on any atom is -0.481 e. The number of benzene rings is 2. The first-order valence-electron chi connectivity index (χ1n) is 6.79. The first-order valence-corrected chi connectivity index (χ1v) is 7.16. The fourth-order valence-corrected chi connectivity index (χ4v) is 3.39. The Bertz CT molecular complexity index is 714. The van der Waals surface area contributed by atoms with Gasteiger partial charge in [-0.25, -0.2) is 4.39 Å². The van der Waals surface area contributed by atoms with Gasteiger partial charge in [0.2, 0.25) is 0 Å². The summed E-state index contributed by atoms with van der Waals surface area (Å²) in [7, 11) is 0. The molecular formula is C17H14ClFO2. The van der Waals surface area contributed by atoms with Crippen molar-refractivity contribution in [1.82, 2.24) is 0 Å². The highest BCUT2D eigenvalue weighted by Gasteiger charge is 2.45. The zero-order valence-electron chi connectivity index (χ0n) is 11.3. The quantitative estimate of drug-likeness (QED) is 0.931. The number of fused-ring (bicyclic) bond motifs is 1. The summed E-state index contributed by atoms with van der Waals surface area (Å²) in [5, 5.41) is 10.1. The normalized spacial score (nSPS) is 20.3. The number of carbonyl (C=O) groups is 1.